The predicted octanol–water partition coefficient (Wildman–Crippen LogP) is 2.87. The first-order valence-corrected chi connectivity index (χ1v) is 6.57. The highest BCUT2D eigenvalue weighted by molar-refractivity contribution is 7.98. The molecule has 0 saturated heterocycles. The minimum atomic E-state index is -0.437. The summed E-state index contributed by atoms with van der Waals surface area (Å²) in [5.74, 6) is 1.51. The third-order valence-corrected chi connectivity index (χ3v) is 2.71. The Morgan fingerprint density at radius 1 is 1.40 bits per heavy atom. The number of hydrogen-bond acceptors (Lipinski definition) is 3. The fourth-order valence-electron chi connectivity index (χ4n) is 1.35. The largest absolute Gasteiger partial charge is 0.493 e. The molecular formula is C12H18O2S. The standard InChI is InChI=1S/C12H18O2S/c1-3-8-14-12-7-5-4-6-10(12)11(13)9-15-2/h4-7,11,13H,3,8-9H2,1-2H3. The number of hydrogen-bond donors (Lipinski definition) is 1. The Bertz CT molecular complexity index is 289. The second kappa shape index (κ2) is 6.75. The maximum absolute atomic E-state index is 9.90. The Hall–Kier alpha value is -0.670. The maximum atomic E-state index is 9.90. The van der Waals surface area contributed by atoms with Crippen molar-refractivity contribution in [3.8, 4) is 5.75 Å². The van der Waals surface area contributed by atoms with E-state index < -0.39 is 6.10 Å². The molecule has 0 radical (unpaired) electrons. The van der Waals surface area contributed by atoms with Gasteiger partial charge in [-0.2, -0.15) is 11.8 Å². The molecule has 15 heavy (non-hydrogen) atoms. The van der Waals surface area contributed by atoms with E-state index in [1.54, 1.807) is 11.8 Å². The molecular weight excluding hydrogens is 208 g/mol. The zero-order valence-corrected chi connectivity index (χ0v) is 10.1. The van der Waals surface area contributed by atoms with Crippen LogP contribution in [0.15, 0.2) is 24.3 Å². The lowest BCUT2D eigenvalue weighted by molar-refractivity contribution is 0.196. The van der Waals surface area contributed by atoms with Crippen LogP contribution in [-0.4, -0.2) is 23.7 Å². The summed E-state index contributed by atoms with van der Waals surface area (Å²) in [7, 11) is 0. The van der Waals surface area contributed by atoms with E-state index in [1.165, 1.54) is 0 Å². The van der Waals surface area contributed by atoms with Gasteiger partial charge >= 0.3 is 0 Å². The molecule has 84 valence electrons. The van der Waals surface area contributed by atoms with Crippen LogP contribution in [0.1, 0.15) is 25.0 Å². The van der Waals surface area contributed by atoms with Crippen LogP contribution in [0.25, 0.3) is 0 Å². The van der Waals surface area contributed by atoms with E-state index in [2.05, 4.69) is 6.92 Å². The molecule has 0 aromatic heterocycles. The summed E-state index contributed by atoms with van der Waals surface area (Å²) in [5, 5.41) is 9.90. The van der Waals surface area contributed by atoms with Crippen molar-refractivity contribution in [1.82, 2.24) is 0 Å². The fourth-order valence-corrected chi connectivity index (χ4v) is 1.84. The van der Waals surface area contributed by atoms with Crippen molar-refractivity contribution in [1.29, 1.82) is 0 Å². The maximum Gasteiger partial charge on any atom is 0.125 e. The van der Waals surface area contributed by atoms with Gasteiger partial charge in [0.25, 0.3) is 0 Å². The number of ether oxygens (including phenoxy) is 1. The van der Waals surface area contributed by atoms with Crippen LogP contribution in [0, 0.1) is 0 Å². The van der Waals surface area contributed by atoms with Gasteiger partial charge in [-0.15, -0.1) is 0 Å². The summed E-state index contributed by atoms with van der Waals surface area (Å²) in [6, 6.07) is 7.69. The van der Waals surface area contributed by atoms with E-state index >= 15 is 0 Å². The third kappa shape index (κ3) is 3.76. The fraction of sp³-hybridized carbons (Fsp3) is 0.500. The second-order valence-corrected chi connectivity index (χ2v) is 4.27. The number of para-hydroxylation sites is 1. The minimum absolute atomic E-state index is 0.437. The molecule has 1 rings (SSSR count). The van der Waals surface area contributed by atoms with E-state index in [4.69, 9.17) is 4.74 Å². The van der Waals surface area contributed by atoms with Gasteiger partial charge in [-0.3, -0.25) is 0 Å². The number of benzene rings is 1. The molecule has 0 aliphatic carbocycles. The van der Waals surface area contributed by atoms with Crippen molar-refractivity contribution in [2.75, 3.05) is 18.6 Å². The van der Waals surface area contributed by atoms with Crippen molar-refractivity contribution >= 4 is 11.8 Å². The van der Waals surface area contributed by atoms with Crippen molar-refractivity contribution < 1.29 is 9.84 Å². The molecule has 1 atom stereocenters. The third-order valence-electron chi connectivity index (χ3n) is 2.06. The first-order valence-electron chi connectivity index (χ1n) is 5.18. The van der Waals surface area contributed by atoms with Crippen LogP contribution >= 0.6 is 11.8 Å². The number of thioether (sulfide) groups is 1. The topological polar surface area (TPSA) is 29.5 Å². The molecule has 1 unspecified atom stereocenters. The molecule has 0 fully saturated rings. The normalized spacial score (nSPS) is 12.5. The molecule has 0 saturated carbocycles. The molecule has 0 aliphatic rings. The first-order chi connectivity index (χ1) is 7.29. The average molecular weight is 226 g/mol. The van der Waals surface area contributed by atoms with Crippen LogP contribution < -0.4 is 4.74 Å². The molecule has 0 amide bonds. The molecule has 0 bridgehead atoms. The Morgan fingerprint density at radius 3 is 2.80 bits per heavy atom. The lowest BCUT2D eigenvalue weighted by Gasteiger charge is -2.14. The van der Waals surface area contributed by atoms with Crippen LogP contribution in [0.2, 0.25) is 0 Å². The monoisotopic (exact) mass is 226 g/mol. The number of aliphatic hydroxyl groups excluding tert-OH is 1. The van der Waals surface area contributed by atoms with Crippen molar-refractivity contribution in [2.45, 2.75) is 19.4 Å². The van der Waals surface area contributed by atoms with E-state index in [-0.39, 0.29) is 0 Å². The Kier molecular flexibility index (Phi) is 5.58. The van der Waals surface area contributed by atoms with Crippen molar-refractivity contribution in [3.05, 3.63) is 29.8 Å². The van der Waals surface area contributed by atoms with Gasteiger partial charge in [-0.1, -0.05) is 25.1 Å². The Morgan fingerprint density at radius 2 is 2.13 bits per heavy atom. The van der Waals surface area contributed by atoms with Gasteiger partial charge in [-0.25, -0.2) is 0 Å². The molecule has 0 aliphatic heterocycles. The smallest absolute Gasteiger partial charge is 0.125 e. The van der Waals surface area contributed by atoms with Gasteiger partial charge < -0.3 is 9.84 Å². The number of aliphatic hydroxyl groups is 1. The molecule has 0 spiro atoms. The molecule has 3 heteroatoms. The van der Waals surface area contributed by atoms with Crippen molar-refractivity contribution in [2.24, 2.45) is 0 Å². The summed E-state index contributed by atoms with van der Waals surface area (Å²) in [5.41, 5.74) is 0.889. The highest BCUT2D eigenvalue weighted by Gasteiger charge is 2.11. The predicted molar refractivity (Wildman–Crippen MR) is 65.6 cm³/mol. The lowest BCUT2D eigenvalue weighted by atomic mass is 10.1. The Balaban J connectivity index is 2.75. The van der Waals surface area contributed by atoms with Gasteiger partial charge in [0.15, 0.2) is 0 Å². The van der Waals surface area contributed by atoms with E-state index in [0.717, 1.165) is 17.7 Å². The van der Waals surface area contributed by atoms with Gasteiger partial charge in [0.05, 0.1) is 12.7 Å². The van der Waals surface area contributed by atoms with Gasteiger partial charge in [0.1, 0.15) is 5.75 Å². The van der Waals surface area contributed by atoms with Gasteiger partial charge in [-0.05, 0) is 18.7 Å². The summed E-state index contributed by atoms with van der Waals surface area (Å²) in [6.07, 6.45) is 2.53. The molecule has 0 heterocycles. The lowest BCUT2D eigenvalue weighted by Crippen LogP contribution is -2.05. The van der Waals surface area contributed by atoms with Crippen LogP contribution in [0.3, 0.4) is 0 Å². The van der Waals surface area contributed by atoms with Crippen molar-refractivity contribution in [3.63, 3.8) is 0 Å². The van der Waals surface area contributed by atoms with E-state index in [1.807, 2.05) is 30.5 Å². The first kappa shape index (κ1) is 12.4. The van der Waals surface area contributed by atoms with Crippen LogP contribution in [0.5, 0.6) is 5.75 Å². The van der Waals surface area contributed by atoms with Crippen LogP contribution in [0.4, 0.5) is 0 Å². The SMILES string of the molecule is CCCOc1ccccc1C(O)CSC. The molecule has 2 nitrogen and oxygen atoms in total. The zero-order valence-electron chi connectivity index (χ0n) is 9.27. The highest BCUT2D eigenvalue weighted by atomic mass is 32.2. The average Bonchev–Trinajstić information content (AvgIpc) is 2.27. The molecule has 1 N–H and O–H groups in total. The minimum Gasteiger partial charge on any atom is -0.493 e. The summed E-state index contributed by atoms with van der Waals surface area (Å²) >= 11 is 1.63. The van der Waals surface area contributed by atoms with Gasteiger partial charge in [0, 0.05) is 11.3 Å². The van der Waals surface area contributed by atoms with Crippen LogP contribution in [-0.2, 0) is 0 Å². The molecule has 1 aromatic carbocycles. The second-order valence-electron chi connectivity index (χ2n) is 3.36. The highest BCUT2D eigenvalue weighted by Crippen LogP contribution is 2.26. The zero-order chi connectivity index (χ0) is 11.1. The number of rotatable bonds is 6. The summed E-state index contributed by atoms with van der Waals surface area (Å²) < 4.78 is 5.58. The Labute approximate surface area is 95.7 Å². The summed E-state index contributed by atoms with van der Waals surface area (Å²) in [4.78, 5) is 0. The van der Waals surface area contributed by atoms with E-state index in [9.17, 15) is 5.11 Å². The summed E-state index contributed by atoms with van der Waals surface area (Å²) in [6.45, 7) is 2.77. The quantitative estimate of drug-likeness (QED) is 0.808. The van der Waals surface area contributed by atoms with E-state index in [0.29, 0.717) is 12.4 Å². The molecule has 1 aromatic rings. The van der Waals surface area contributed by atoms with Gasteiger partial charge in [0.2, 0.25) is 0 Å².